The van der Waals surface area contributed by atoms with Crippen molar-refractivity contribution in [1.82, 2.24) is 9.97 Å². The smallest absolute Gasteiger partial charge is 0.226 e. The van der Waals surface area contributed by atoms with Crippen molar-refractivity contribution in [3.05, 3.63) is 11.8 Å². The van der Waals surface area contributed by atoms with Crippen molar-refractivity contribution in [2.75, 3.05) is 11.9 Å². The molecule has 1 heterocycles. The van der Waals surface area contributed by atoms with Crippen LogP contribution in [0.15, 0.2) is 6.07 Å². The van der Waals surface area contributed by atoms with Crippen LogP contribution < -0.4 is 10.1 Å². The second-order valence-electron chi connectivity index (χ2n) is 4.83. The zero-order chi connectivity index (χ0) is 12.8. The minimum Gasteiger partial charge on any atom is -0.477 e. The minimum atomic E-state index is 0.370. The number of hydrogen-bond acceptors (Lipinski definition) is 4. The Hall–Kier alpha value is -1.32. The average molecular weight is 237 g/mol. The van der Waals surface area contributed by atoms with Crippen molar-refractivity contribution in [3.63, 3.8) is 0 Å². The summed E-state index contributed by atoms with van der Waals surface area (Å²) >= 11 is 0. The van der Waals surface area contributed by atoms with Crippen LogP contribution in [-0.2, 0) is 0 Å². The summed E-state index contributed by atoms with van der Waals surface area (Å²) in [7, 11) is 0. The molecule has 0 amide bonds. The van der Waals surface area contributed by atoms with Crippen LogP contribution in [-0.4, -0.2) is 22.6 Å². The average Bonchev–Trinajstić information content (AvgIpc) is 2.25. The molecule has 0 aromatic carbocycles. The van der Waals surface area contributed by atoms with E-state index in [9.17, 15) is 0 Å². The summed E-state index contributed by atoms with van der Waals surface area (Å²) in [4.78, 5) is 8.70. The third-order valence-corrected chi connectivity index (χ3v) is 2.38. The molecule has 96 valence electrons. The van der Waals surface area contributed by atoms with Crippen LogP contribution >= 0.6 is 0 Å². The van der Waals surface area contributed by atoms with Gasteiger partial charge in [-0.05, 0) is 26.2 Å². The largest absolute Gasteiger partial charge is 0.477 e. The predicted molar refractivity (Wildman–Crippen MR) is 70.5 cm³/mol. The van der Waals surface area contributed by atoms with E-state index in [0.29, 0.717) is 30.4 Å². The van der Waals surface area contributed by atoms with Crippen LogP contribution in [0.2, 0.25) is 0 Å². The Morgan fingerprint density at radius 1 is 1.29 bits per heavy atom. The first-order chi connectivity index (χ1) is 8.01. The molecule has 0 radical (unpaired) electrons. The number of aromatic nitrogens is 2. The molecule has 1 unspecified atom stereocenters. The molecule has 1 N–H and O–H groups in total. The van der Waals surface area contributed by atoms with Crippen molar-refractivity contribution in [2.45, 2.75) is 47.1 Å². The van der Waals surface area contributed by atoms with Gasteiger partial charge in [0, 0.05) is 17.8 Å². The molecule has 0 aliphatic rings. The first-order valence-corrected chi connectivity index (χ1v) is 6.26. The van der Waals surface area contributed by atoms with Gasteiger partial charge in [-0.3, -0.25) is 0 Å². The zero-order valence-electron chi connectivity index (χ0n) is 11.4. The third kappa shape index (κ3) is 5.02. The minimum absolute atomic E-state index is 0.370. The molecular weight excluding hydrogens is 214 g/mol. The van der Waals surface area contributed by atoms with Gasteiger partial charge in [-0.2, -0.15) is 4.98 Å². The highest BCUT2D eigenvalue weighted by Crippen LogP contribution is 2.14. The van der Waals surface area contributed by atoms with E-state index in [-0.39, 0.29) is 0 Å². The number of hydrogen-bond donors (Lipinski definition) is 1. The molecule has 17 heavy (non-hydrogen) atoms. The number of nitrogens with one attached hydrogen (secondary N) is 1. The molecule has 1 atom stereocenters. The fourth-order valence-electron chi connectivity index (χ4n) is 1.25. The van der Waals surface area contributed by atoms with Gasteiger partial charge in [-0.15, -0.1) is 0 Å². The fraction of sp³-hybridized carbons (Fsp3) is 0.692. The quantitative estimate of drug-likeness (QED) is 0.826. The van der Waals surface area contributed by atoms with Crippen molar-refractivity contribution in [1.29, 1.82) is 0 Å². The van der Waals surface area contributed by atoms with Crippen LogP contribution in [0.4, 0.5) is 5.95 Å². The summed E-state index contributed by atoms with van der Waals surface area (Å²) in [5.74, 6) is 1.80. The second kappa shape index (κ2) is 6.42. The first kappa shape index (κ1) is 13.7. The van der Waals surface area contributed by atoms with Gasteiger partial charge < -0.3 is 10.1 Å². The first-order valence-electron chi connectivity index (χ1n) is 6.26. The van der Waals surface area contributed by atoms with Gasteiger partial charge in [0.25, 0.3) is 0 Å². The van der Waals surface area contributed by atoms with Gasteiger partial charge in [0.05, 0.1) is 6.61 Å². The Bertz CT molecular complexity index is 353. The summed E-state index contributed by atoms with van der Waals surface area (Å²) in [6.45, 7) is 11.1. The lowest BCUT2D eigenvalue weighted by Gasteiger charge is -2.13. The molecule has 0 bridgehead atoms. The highest BCUT2D eigenvalue weighted by atomic mass is 16.5. The fourth-order valence-corrected chi connectivity index (χ4v) is 1.25. The van der Waals surface area contributed by atoms with Gasteiger partial charge >= 0.3 is 0 Å². The molecule has 0 aliphatic heterocycles. The molecule has 0 saturated heterocycles. The topological polar surface area (TPSA) is 47.0 Å². The predicted octanol–water partition coefficient (Wildman–Crippen LogP) is 3.03. The molecule has 0 saturated carbocycles. The van der Waals surface area contributed by atoms with Crippen LogP contribution in [0.3, 0.4) is 0 Å². The maximum atomic E-state index is 5.61. The Balaban J connectivity index is 2.72. The molecule has 1 aromatic rings. The van der Waals surface area contributed by atoms with E-state index >= 15 is 0 Å². The van der Waals surface area contributed by atoms with Crippen LogP contribution in [0.1, 0.15) is 39.8 Å². The van der Waals surface area contributed by atoms with Crippen molar-refractivity contribution in [2.24, 2.45) is 5.92 Å². The Labute approximate surface area is 104 Å². The molecule has 0 spiro atoms. The number of nitrogens with zero attached hydrogens (tertiary/aromatic N) is 2. The Kier molecular flexibility index (Phi) is 5.19. The molecule has 1 aromatic heterocycles. The van der Waals surface area contributed by atoms with Gasteiger partial charge in [0.15, 0.2) is 0 Å². The van der Waals surface area contributed by atoms with Gasteiger partial charge in [-0.25, -0.2) is 4.98 Å². The number of ether oxygens (including phenoxy) is 1. The monoisotopic (exact) mass is 237 g/mol. The summed E-state index contributed by atoms with van der Waals surface area (Å²) in [6, 6.07) is 2.24. The van der Waals surface area contributed by atoms with Crippen LogP contribution in [0.5, 0.6) is 5.88 Å². The second-order valence-corrected chi connectivity index (χ2v) is 4.83. The van der Waals surface area contributed by atoms with E-state index < -0.39 is 0 Å². The van der Waals surface area contributed by atoms with Gasteiger partial charge in [-0.1, -0.05) is 20.8 Å². The molecule has 0 fully saturated rings. The summed E-state index contributed by atoms with van der Waals surface area (Å²) in [5.41, 5.74) is 0.921. The zero-order valence-corrected chi connectivity index (χ0v) is 11.4. The molecule has 1 rings (SSSR count). The molecule has 4 nitrogen and oxygen atoms in total. The maximum Gasteiger partial charge on any atom is 0.226 e. The van der Waals surface area contributed by atoms with Crippen molar-refractivity contribution >= 4 is 5.95 Å². The van der Waals surface area contributed by atoms with E-state index in [2.05, 4.69) is 43.0 Å². The highest BCUT2D eigenvalue weighted by Gasteiger charge is 2.06. The SMILES string of the molecule is CCC(C)Nc1nc(C)cc(OCC(C)C)n1. The van der Waals surface area contributed by atoms with Crippen molar-refractivity contribution in [3.8, 4) is 5.88 Å². The molecular formula is C13H23N3O. The lowest BCUT2D eigenvalue weighted by molar-refractivity contribution is 0.261. The third-order valence-electron chi connectivity index (χ3n) is 2.38. The number of anilines is 1. The summed E-state index contributed by atoms with van der Waals surface area (Å²) in [6.07, 6.45) is 1.04. The maximum absolute atomic E-state index is 5.61. The Morgan fingerprint density at radius 2 is 2.00 bits per heavy atom. The molecule has 4 heteroatoms. The van der Waals surface area contributed by atoms with Crippen LogP contribution in [0.25, 0.3) is 0 Å². The lowest BCUT2D eigenvalue weighted by atomic mass is 10.2. The van der Waals surface area contributed by atoms with E-state index in [1.165, 1.54) is 0 Å². The summed E-state index contributed by atoms with van der Waals surface area (Å²) < 4.78 is 5.61. The summed E-state index contributed by atoms with van der Waals surface area (Å²) in [5, 5.41) is 3.26. The van der Waals surface area contributed by atoms with Gasteiger partial charge in [0.1, 0.15) is 0 Å². The highest BCUT2D eigenvalue weighted by molar-refractivity contribution is 5.31. The lowest BCUT2D eigenvalue weighted by Crippen LogP contribution is -2.16. The Morgan fingerprint density at radius 3 is 2.59 bits per heavy atom. The van der Waals surface area contributed by atoms with E-state index in [1.807, 2.05) is 13.0 Å². The number of aryl methyl sites for hydroxylation is 1. The van der Waals surface area contributed by atoms with Crippen molar-refractivity contribution < 1.29 is 4.74 Å². The number of rotatable bonds is 6. The van der Waals surface area contributed by atoms with E-state index in [0.717, 1.165) is 12.1 Å². The molecule has 0 aliphatic carbocycles. The van der Waals surface area contributed by atoms with E-state index in [4.69, 9.17) is 4.74 Å². The van der Waals surface area contributed by atoms with E-state index in [1.54, 1.807) is 0 Å². The normalized spacial score (nSPS) is 12.6. The van der Waals surface area contributed by atoms with Crippen LogP contribution in [0, 0.1) is 12.8 Å². The standard InChI is InChI=1S/C13H23N3O/c1-6-10(4)14-13-15-11(5)7-12(16-13)17-8-9(2)3/h7,9-10H,6,8H2,1-5H3,(H,14,15,16). The van der Waals surface area contributed by atoms with Gasteiger partial charge in [0.2, 0.25) is 11.8 Å².